The normalized spacial score (nSPS) is 24.8. The predicted molar refractivity (Wildman–Crippen MR) is 397 cm³/mol. The second-order valence-corrected chi connectivity index (χ2v) is 31.1. The van der Waals surface area contributed by atoms with Crippen molar-refractivity contribution in [1.82, 2.24) is 0 Å². The Bertz CT molecular complexity index is 4030. The van der Waals surface area contributed by atoms with Crippen LogP contribution in [-0.4, -0.2) is 60.9 Å². The number of alkyl halides is 12. The van der Waals surface area contributed by atoms with Gasteiger partial charge in [-0.2, -0.15) is 43.9 Å². The molecule has 0 amide bonds. The van der Waals surface area contributed by atoms with Gasteiger partial charge in [0.2, 0.25) is 12.6 Å². The van der Waals surface area contributed by atoms with Crippen molar-refractivity contribution in [3.8, 4) is 11.1 Å². The molecule has 0 radical (unpaired) electrons. The molecule has 2 fully saturated rings. The molecule has 9 heterocycles. The third kappa shape index (κ3) is 18.0. The molecule has 15 rings (SSSR count). The fourth-order valence-corrected chi connectivity index (χ4v) is 14.1. The molecule has 11 aliphatic rings. The van der Waals surface area contributed by atoms with Gasteiger partial charge in [-0.1, -0.05) is 144 Å². The molecule has 2 atom stereocenters. The third-order valence-electron chi connectivity index (χ3n) is 23.0. The van der Waals surface area contributed by atoms with Gasteiger partial charge in [-0.05, 0) is 197 Å². The van der Waals surface area contributed by atoms with Crippen LogP contribution in [-0.2, 0) is 73.0 Å². The molecule has 614 valence electrons. The van der Waals surface area contributed by atoms with Crippen LogP contribution in [0.15, 0.2) is 200 Å². The van der Waals surface area contributed by atoms with E-state index in [2.05, 4.69) is 128 Å². The Morgan fingerprint density at radius 3 is 0.937 bits per heavy atom. The highest BCUT2D eigenvalue weighted by Gasteiger charge is 2.66. The Morgan fingerprint density at radius 2 is 0.694 bits per heavy atom. The number of benzene rings is 4. The molecular weight excluding hydrogens is 1470 g/mol. The standard InChI is InChI=1S/C20H22O.C17H16O2.C12H20O.C8H12F2O.C7H12O2.2C6H6F4O.C5H6F2O2.C5H8O2/c1-13-14(2)21-20(19(13,3)4)17-11-7-5-9-15(17)16-10-6-8-12-18(16)20;1-13-14(2)19-17(18-13,15-9-5-3-6-10-15)16-11-7-4-8-12-16;1-9-10(2)13-12(11(9,3)4)7-5-6-8-12;1-5-6(2)11-8(9,10)7(5,3)4;1-5-6(2)9-7(3,4)8-5;1-3-4(2)11-6(9,10)5(3,7)8;1-3-4(2)6(9,10)11-5(3,7)8;1-3-4(2)9-5(6,7)8-3;1-4-5(2)7-3-6-4/h5-14H,1-4H3;3-12H,1-2H3;5-8H2,1-4H3;1-4H3;1-4H3;2*1-2H3;1-2H3;3H2,1-2H3/t13-,14+;;;;;;;;/m1......../s1. The van der Waals surface area contributed by atoms with E-state index in [0.29, 0.717) is 24.0 Å². The number of halogens is 12. The lowest BCUT2D eigenvalue weighted by atomic mass is 9.64. The van der Waals surface area contributed by atoms with Crippen LogP contribution in [0, 0.1) is 22.2 Å². The van der Waals surface area contributed by atoms with Crippen LogP contribution < -0.4 is 0 Å². The number of allylic oxidation sites excluding steroid dienone is 11. The third-order valence-corrected chi connectivity index (χ3v) is 23.0. The van der Waals surface area contributed by atoms with Gasteiger partial charge >= 0.3 is 42.4 Å². The maximum Gasteiger partial charge on any atom is 0.585 e. The monoisotopic (exact) mass is 1580 g/mol. The summed E-state index contributed by atoms with van der Waals surface area (Å²) in [7, 11) is 0. The number of hydrogen-bond donors (Lipinski definition) is 0. The number of rotatable bonds is 2. The van der Waals surface area contributed by atoms with Gasteiger partial charge in [0, 0.05) is 52.5 Å². The summed E-state index contributed by atoms with van der Waals surface area (Å²) < 4.78 is 213. The first kappa shape index (κ1) is 89.9. The molecule has 0 aromatic heterocycles. The quantitative estimate of drug-likeness (QED) is 0.140. The summed E-state index contributed by atoms with van der Waals surface area (Å²) in [5, 5.41) is 0. The molecule has 1 saturated carbocycles. The maximum absolute atomic E-state index is 13.0. The Kier molecular flexibility index (Phi) is 26.4. The van der Waals surface area contributed by atoms with E-state index in [1.54, 1.807) is 13.8 Å². The van der Waals surface area contributed by atoms with Crippen LogP contribution in [0.2, 0.25) is 0 Å². The minimum Gasteiger partial charge on any atom is -0.491 e. The molecule has 0 bridgehead atoms. The lowest BCUT2D eigenvalue weighted by molar-refractivity contribution is -0.337. The molecule has 4 aromatic carbocycles. The van der Waals surface area contributed by atoms with E-state index in [1.807, 2.05) is 116 Å². The number of hydrogen-bond acceptors (Lipinski definition) is 13. The average Bonchev–Trinajstić information content (AvgIpc) is 1.52. The van der Waals surface area contributed by atoms with Crippen LogP contribution in [0.25, 0.3) is 11.1 Å². The summed E-state index contributed by atoms with van der Waals surface area (Å²) in [6.45, 7) is 46.9. The van der Waals surface area contributed by atoms with E-state index >= 15 is 0 Å². The van der Waals surface area contributed by atoms with Crippen LogP contribution in [0.5, 0.6) is 0 Å². The van der Waals surface area contributed by atoms with Crippen molar-refractivity contribution in [2.75, 3.05) is 6.79 Å². The fraction of sp³-hybridized carbons (Fsp3) is 0.535. The molecule has 111 heavy (non-hydrogen) atoms. The summed E-state index contributed by atoms with van der Waals surface area (Å²) in [4.78, 5) is 0. The smallest absolute Gasteiger partial charge is 0.491 e. The second-order valence-electron chi connectivity index (χ2n) is 31.1. The van der Waals surface area contributed by atoms with Crippen LogP contribution in [0.1, 0.15) is 228 Å². The molecule has 2 aliphatic carbocycles. The van der Waals surface area contributed by atoms with Gasteiger partial charge in [-0.3, -0.25) is 0 Å². The van der Waals surface area contributed by atoms with Crippen LogP contribution in [0.4, 0.5) is 52.7 Å². The highest BCUT2D eigenvalue weighted by molar-refractivity contribution is 5.81. The zero-order valence-electron chi connectivity index (χ0n) is 68.4. The van der Waals surface area contributed by atoms with E-state index in [9.17, 15) is 52.7 Å². The Balaban J connectivity index is 0.000000177. The molecule has 9 aliphatic heterocycles. The Hall–Kier alpha value is -8.32. The first-order valence-electron chi connectivity index (χ1n) is 36.7. The topological polar surface area (TPSA) is 120 Å². The first-order chi connectivity index (χ1) is 50.9. The van der Waals surface area contributed by atoms with E-state index in [0.717, 1.165) is 73.4 Å². The average molecular weight is 1580 g/mol. The SMILES string of the molecule is CC1=C(C)C(C)(C)C(F)(F)O1.CC1=C(C)C(C)(C)C2(CCCC2)O1.CC1=C(C)C(F)(F)C(F)(F)O1.CC1=C(C)C(F)(F)OC1(F)F.CC1=C(C)OC(C)(C)O1.CC1=C(C)OC(F)(F)O1.CC1=C(C)OC(c2ccccc2)(c2ccccc2)O1.CC1=C(C)OCO1.C[C@@H]1OC2(c3ccccc3-c3ccccc32)C(C)(C)[C@@H]1C. The van der Waals surface area contributed by atoms with Gasteiger partial charge in [0.1, 0.15) is 63.0 Å². The summed E-state index contributed by atoms with van der Waals surface area (Å²) in [6, 6.07) is 37.6. The van der Waals surface area contributed by atoms with Crippen LogP contribution >= 0.6 is 0 Å². The number of ether oxygens (including phenoxy) is 13. The Labute approximate surface area is 645 Å². The zero-order valence-corrected chi connectivity index (χ0v) is 68.4. The van der Waals surface area contributed by atoms with Gasteiger partial charge in [-0.15, -0.1) is 8.78 Å². The van der Waals surface area contributed by atoms with Gasteiger partial charge in [0.15, 0.2) is 0 Å². The Morgan fingerprint density at radius 1 is 0.342 bits per heavy atom. The highest BCUT2D eigenvalue weighted by Crippen LogP contribution is 2.65. The predicted octanol–water partition coefficient (Wildman–Crippen LogP) is 25.9. The van der Waals surface area contributed by atoms with E-state index in [-0.39, 0.29) is 39.7 Å². The zero-order chi connectivity index (χ0) is 83.8. The maximum atomic E-state index is 13.0. The molecule has 0 unspecified atom stereocenters. The van der Waals surface area contributed by atoms with Crippen LogP contribution in [0.3, 0.4) is 0 Å². The van der Waals surface area contributed by atoms with Crippen molar-refractivity contribution in [2.24, 2.45) is 22.2 Å². The van der Waals surface area contributed by atoms with Crippen molar-refractivity contribution in [3.05, 3.63) is 223 Å². The largest absolute Gasteiger partial charge is 0.585 e. The van der Waals surface area contributed by atoms with Gasteiger partial charge < -0.3 is 56.8 Å². The summed E-state index contributed by atoms with van der Waals surface area (Å²) >= 11 is 0. The fourth-order valence-electron chi connectivity index (χ4n) is 14.1. The number of fused-ring (bicyclic) bond motifs is 5. The summed E-state index contributed by atoms with van der Waals surface area (Å²) in [6.07, 6.45) is -13.0. The van der Waals surface area contributed by atoms with E-state index in [1.165, 1.54) is 87.0 Å². The molecule has 0 N–H and O–H groups in total. The molecule has 4 aromatic rings. The van der Waals surface area contributed by atoms with Crippen molar-refractivity contribution in [2.45, 2.75) is 271 Å². The lowest BCUT2D eigenvalue weighted by Crippen LogP contribution is -2.40. The van der Waals surface area contributed by atoms with E-state index in [4.69, 9.17) is 37.9 Å². The minimum atomic E-state index is -4.37. The lowest BCUT2D eigenvalue weighted by Gasteiger charge is -2.40. The van der Waals surface area contributed by atoms with Crippen molar-refractivity contribution in [1.29, 1.82) is 0 Å². The summed E-state index contributed by atoms with van der Waals surface area (Å²) in [5.41, 5.74) is 6.32. The molecule has 25 heteroatoms. The van der Waals surface area contributed by atoms with Gasteiger partial charge in [-0.25, -0.2) is 4.74 Å². The molecule has 13 nitrogen and oxygen atoms in total. The van der Waals surface area contributed by atoms with Crippen molar-refractivity contribution >= 4 is 0 Å². The highest BCUT2D eigenvalue weighted by atomic mass is 19.3. The van der Waals surface area contributed by atoms with Gasteiger partial charge in [0.25, 0.3) is 0 Å². The molecular formula is C86H108F12O13. The van der Waals surface area contributed by atoms with Crippen molar-refractivity contribution < 1.29 is 114 Å². The van der Waals surface area contributed by atoms with Gasteiger partial charge in [0.05, 0.1) is 23.0 Å². The minimum absolute atomic E-state index is 0.0646. The molecule has 2 spiro atoms. The molecule has 1 saturated heterocycles. The van der Waals surface area contributed by atoms with E-state index < -0.39 is 76.1 Å². The summed E-state index contributed by atoms with van der Waals surface area (Å²) in [5.74, 6) is 1.70. The van der Waals surface area contributed by atoms with Crippen molar-refractivity contribution in [3.63, 3.8) is 0 Å². The first-order valence-corrected chi connectivity index (χ1v) is 36.7. The second kappa shape index (κ2) is 32.6.